The van der Waals surface area contributed by atoms with Crippen LogP contribution in [0.1, 0.15) is 34.4 Å². The smallest absolute Gasteiger partial charge is 0.254 e. The Bertz CT molecular complexity index is 597. The van der Waals surface area contributed by atoms with Crippen LogP contribution in [0.5, 0.6) is 0 Å². The van der Waals surface area contributed by atoms with Gasteiger partial charge in [0.25, 0.3) is 5.91 Å². The van der Waals surface area contributed by atoms with Crippen molar-refractivity contribution in [2.75, 3.05) is 18.4 Å². The molecule has 0 radical (unpaired) electrons. The number of aryl methyl sites for hydroxylation is 1. The Balaban J connectivity index is 1.90. The monoisotopic (exact) mass is 304 g/mol. The van der Waals surface area contributed by atoms with E-state index in [2.05, 4.69) is 27.5 Å². The minimum Gasteiger partial charge on any atom is -0.384 e. The Hall–Kier alpha value is -1.95. The van der Waals surface area contributed by atoms with Crippen molar-refractivity contribution in [2.45, 2.75) is 26.7 Å². The van der Waals surface area contributed by atoms with Gasteiger partial charge in [-0.3, -0.25) is 9.78 Å². The Morgan fingerprint density at radius 3 is 2.95 bits per heavy atom. The van der Waals surface area contributed by atoms with E-state index in [1.165, 1.54) is 0 Å². The molecule has 2 N–H and O–H groups in total. The molecule has 21 heavy (non-hydrogen) atoms. The lowest BCUT2D eigenvalue weighted by atomic mass is 10.2. The maximum Gasteiger partial charge on any atom is 0.254 e. The molecule has 0 bridgehead atoms. The molecule has 0 aliphatic carbocycles. The van der Waals surface area contributed by atoms with Crippen LogP contribution in [0.15, 0.2) is 23.8 Å². The number of pyridine rings is 1. The largest absolute Gasteiger partial charge is 0.384 e. The molecule has 2 aromatic rings. The molecule has 0 saturated carbocycles. The van der Waals surface area contributed by atoms with Crippen LogP contribution in [0.2, 0.25) is 0 Å². The van der Waals surface area contributed by atoms with Gasteiger partial charge < -0.3 is 10.6 Å². The molecule has 0 spiro atoms. The highest BCUT2D eigenvalue weighted by Crippen LogP contribution is 2.13. The van der Waals surface area contributed by atoms with E-state index in [0.29, 0.717) is 12.1 Å². The van der Waals surface area contributed by atoms with Gasteiger partial charge in [0.1, 0.15) is 0 Å². The first-order valence-corrected chi connectivity index (χ1v) is 7.95. The molecule has 1 amide bonds. The molecule has 5 nitrogen and oxygen atoms in total. The van der Waals surface area contributed by atoms with Gasteiger partial charge >= 0.3 is 0 Å². The number of hydrogen-bond acceptors (Lipinski definition) is 5. The van der Waals surface area contributed by atoms with Crippen molar-refractivity contribution in [3.05, 3.63) is 40.1 Å². The van der Waals surface area contributed by atoms with Gasteiger partial charge in [-0.15, -0.1) is 11.3 Å². The third-order valence-corrected chi connectivity index (χ3v) is 3.79. The van der Waals surface area contributed by atoms with E-state index in [1.807, 2.05) is 18.4 Å². The van der Waals surface area contributed by atoms with Crippen LogP contribution in [0, 0.1) is 6.92 Å². The van der Waals surface area contributed by atoms with Gasteiger partial charge in [0, 0.05) is 37.3 Å². The number of anilines is 1. The first-order chi connectivity index (χ1) is 10.2. The highest BCUT2D eigenvalue weighted by Gasteiger charge is 2.11. The molecule has 2 aromatic heterocycles. The molecule has 2 rings (SSSR count). The number of hydrogen-bond donors (Lipinski definition) is 2. The van der Waals surface area contributed by atoms with Crippen LogP contribution in [0.25, 0.3) is 0 Å². The second kappa shape index (κ2) is 7.73. The Morgan fingerprint density at radius 1 is 1.38 bits per heavy atom. The maximum atomic E-state index is 12.2. The first-order valence-electron chi connectivity index (χ1n) is 7.07. The summed E-state index contributed by atoms with van der Waals surface area (Å²) in [6.45, 7) is 5.48. The number of nitrogens with one attached hydrogen (secondary N) is 2. The van der Waals surface area contributed by atoms with Crippen LogP contribution < -0.4 is 10.6 Å². The SMILES string of the molecule is CCCNc1ccncc1C(=O)NCCc1csc(C)n1. The van der Waals surface area contributed by atoms with Crippen LogP contribution in [0.4, 0.5) is 5.69 Å². The number of thiazole rings is 1. The third kappa shape index (κ3) is 4.53. The van der Waals surface area contributed by atoms with E-state index >= 15 is 0 Å². The zero-order chi connectivity index (χ0) is 15.1. The molecule has 0 saturated heterocycles. The van der Waals surface area contributed by atoms with E-state index < -0.39 is 0 Å². The number of carbonyl (C=O) groups is 1. The second-order valence-electron chi connectivity index (χ2n) is 4.71. The molecule has 112 valence electrons. The zero-order valence-electron chi connectivity index (χ0n) is 12.3. The van der Waals surface area contributed by atoms with Crippen LogP contribution in [0.3, 0.4) is 0 Å². The highest BCUT2D eigenvalue weighted by atomic mass is 32.1. The lowest BCUT2D eigenvalue weighted by Gasteiger charge is -2.10. The Labute approximate surface area is 128 Å². The summed E-state index contributed by atoms with van der Waals surface area (Å²) in [5.41, 5.74) is 2.43. The molecular weight excluding hydrogens is 284 g/mol. The van der Waals surface area contributed by atoms with E-state index in [1.54, 1.807) is 23.7 Å². The molecule has 0 unspecified atom stereocenters. The summed E-state index contributed by atoms with van der Waals surface area (Å²) in [5.74, 6) is -0.103. The summed E-state index contributed by atoms with van der Waals surface area (Å²) in [5, 5.41) is 9.24. The normalized spacial score (nSPS) is 10.4. The standard InChI is InChI=1S/C15H20N4OS/c1-3-6-17-14-5-7-16-9-13(14)15(20)18-8-4-12-10-21-11(2)19-12/h5,7,9-10H,3-4,6,8H2,1-2H3,(H,16,17)(H,18,20). The van der Waals surface area contributed by atoms with Gasteiger partial charge in [0.15, 0.2) is 0 Å². The molecule has 0 aliphatic heterocycles. The van der Waals surface area contributed by atoms with E-state index in [9.17, 15) is 4.79 Å². The minimum absolute atomic E-state index is 0.103. The number of aromatic nitrogens is 2. The third-order valence-electron chi connectivity index (χ3n) is 2.96. The van der Waals surface area contributed by atoms with E-state index in [4.69, 9.17) is 0 Å². The molecule has 6 heteroatoms. The highest BCUT2D eigenvalue weighted by molar-refractivity contribution is 7.09. The van der Waals surface area contributed by atoms with Gasteiger partial charge in [-0.25, -0.2) is 4.98 Å². The maximum absolute atomic E-state index is 12.2. The summed E-state index contributed by atoms with van der Waals surface area (Å²) < 4.78 is 0. The lowest BCUT2D eigenvalue weighted by Crippen LogP contribution is -2.26. The number of rotatable bonds is 7. The molecule has 0 fully saturated rings. The average Bonchev–Trinajstić information content (AvgIpc) is 2.91. The molecular formula is C15H20N4OS. The number of amides is 1. The fourth-order valence-corrected chi connectivity index (χ4v) is 2.56. The molecule has 0 aromatic carbocycles. The second-order valence-corrected chi connectivity index (χ2v) is 5.77. The summed E-state index contributed by atoms with van der Waals surface area (Å²) in [7, 11) is 0. The van der Waals surface area contributed by atoms with Crippen molar-refractivity contribution in [3.8, 4) is 0 Å². The average molecular weight is 304 g/mol. The van der Waals surface area contributed by atoms with E-state index in [0.717, 1.165) is 35.8 Å². The van der Waals surface area contributed by atoms with Gasteiger partial charge in [-0.1, -0.05) is 6.92 Å². The van der Waals surface area contributed by atoms with Crippen molar-refractivity contribution in [1.29, 1.82) is 0 Å². The molecule has 0 atom stereocenters. The summed E-state index contributed by atoms with van der Waals surface area (Å²) >= 11 is 1.63. The van der Waals surface area contributed by atoms with Crippen molar-refractivity contribution in [3.63, 3.8) is 0 Å². The summed E-state index contributed by atoms with van der Waals surface area (Å²) in [6, 6.07) is 1.83. The summed E-state index contributed by atoms with van der Waals surface area (Å²) in [4.78, 5) is 20.6. The Morgan fingerprint density at radius 2 is 2.24 bits per heavy atom. The van der Waals surface area contributed by atoms with Crippen molar-refractivity contribution in [1.82, 2.24) is 15.3 Å². The van der Waals surface area contributed by atoms with Gasteiger partial charge in [-0.05, 0) is 19.4 Å². The Kier molecular flexibility index (Phi) is 5.68. The fourth-order valence-electron chi connectivity index (χ4n) is 1.91. The van der Waals surface area contributed by atoms with Crippen molar-refractivity contribution in [2.24, 2.45) is 0 Å². The molecule has 2 heterocycles. The zero-order valence-corrected chi connectivity index (χ0v) is 13.2. The molecule has 0 aliphatic rings. The quantitative estimate of drug-likeness (QED) is 0.825. The van der Waals surface area contributed by atoms with Crippen LogP contribution in [-0.4, -0.2) is 29.0 Å². The van der Waals surface area contributed by atoms with E-state index in [-0.39, 0.29) is 5.91 Å². The minimum atomic E-state index is -0.103. The lowest BCUT2D eigenvalue weighted by molar-refractivity contribution is 0.0954. The topological polar surface area (TPSA) is 66.9 Å². The van der Waals surface area contributed by atoms with Crippen LogP contribution >= 0.6 is 11.3 Å². The van der Waals surface area contributed by atoms with Crippen LogP contribution in [-0.2, 0) is 6.42 Å². The van der Waals surface area contributed by atoms with Gasteiger partial charge in [0.05, 0.1) is 22.0 Å². The first kappa shape index (κ1) is 15.4. The summed E-state index contributed by atoms with van der Waals surface area (Å²) in [6.07, 6.45) is 5.04. The van der Waals surface area contributed by atoms with Gasteiger partial charge in [0.2, 0.25) is 0 Å². The van der Waals surface area contributed by atoms with Crippen molar-refractivity contribution < 1.29 is 4.79 Å². The number of nitrogens with zero attached hydrogens (tertiary/aromatic N) is 2. The predicted octanol–water partition coefficient (Wildman–Crippen LogP) is 2.64. The van der Waals surface area contributed by atoms with Crippen molar-refractivity contribution >= 4 is 22.9 Å². The van der Waals surface area contributed by atoms with Gasteiger partial charge in [-0.2, -0.15) is 0 Å². The fraction of sp³-hybridized carbons (Fsp3) is 0.400. The predicted molar refractivity (Wildman–Crippen MR) is 85.9 cm³/mol. The number of carbonyl (C=O) groups excluding carboxylic acids is 1.